The Bertz CT molecular complexity index is 1440. The van der Waals surface area contributed by atoms with Crippen molar-refractivity contribution >= 4 is 44.6 Å². The van der Waals surface area contributed by atoms with Crippen LogP contribution >= 0.6 is 22.9 Å². The van der Waals surface area contributed by atoms with Crippen LogP contribution in [0.5, 0.6) is 0 Å². The summed E-state index contributed by atoms with van der Waals surface area (Å²) in [4.78, 5) is 27.2. The summed E-state index contributed by atoms with van der Waals surface area (Å²) in [5, 5.41) is 13.2. The van der Waals surface area contributed by atoms with E-state index in [2.05, 4.69) is 0 Å². The SMILES string of the molecule is CCOCCCN(CC(=O)N1CCc2sccc2C1c1ccc(C)cc1)S(=O)(=O)c1ccc(Cl)c([N+](=O)[O-])c1. The van der Waals surface area contributed by atoms with Gasteiger partial charge in [-0.25, -0.2) is 8.42 Å². The van der Waals surface area contributed by atoms with Gasteiger partial charge in [0, 0.05) is 37.2 Å². The van der Waals surface area contributed by atoms with Crippen molar-refractivity contribution in [3.8, 4) is 0 Å². The molecule has 0 aliphatic carbocycles. The summed E-state index contributed by atoms with van der Waals surface area (Å²) in [6.45, 7) is 4.67. The van der Waals surface area contributed by atoms with Gasteiger partial charge in [0.15, 0.2) is 0 Å². The zero-order chi connectivity index (χ0) is 28.2. The van der Waals surface area contributed by atoms with Crippen LogP contribution in [0.25, 0.3) is 0 Å². The molecular weight excluding hydrogens is 562 g/mol. The van der Waals surface area contributed by atoms with Crippen molar-refractivity contribution in [1.29, 1.82) is 0 Å². The van der Waals surface area contributed by atoms with Gasteiger partial charge in [0.25, 0.3) is 5.69 Å². The molecule has 0 N–H and O–H groups in total. The normalized spacial score (nSPS) is 15.4. The second-order valence-corrected chi connectivity index (χ2v) is 12.6. The molecule has 1 atom stereocenters. The van der Waals surface area contributed by atoms with Crippen molar-refractivity contribution in [2.24, 2.45) is 0 Å². The largest absolute Gasteiger partial charge is 0.382 e. The number of nitrogens with zero attached hydrogens (tertiary/aromatic N) is 3. The van der Waals surface area contributed by atoms with Gasteiger partial charge in [-0.05, 0) is 61.4 Å². The summed E-state index contributed by atoms with van der Waals surface area (Å²) >= 11 is 7.57. The van der Waals surface area contributed by atoms with Gasteiger partial charge in [-0.1, -0.05) is 41.4 Å². The van der Waals surface area contributed by atoms with Crippen molar-refractivity contribution in [2.75, 3.05) is 32.8 Å². The molecule has 1 aromatic heterocycles. The molecule has 1 aliphatic heterocycles. The number of benzene rings is 2. The highest BCUT2D eigenvalue weighted by molar-refractivity contribution is 7.89. The molecule has 0 saturated carbocycles. The van der Waals surface area contributed by atoms with E-state index in [1.807, 2.05) is 49.6 Å². The Hall–Kier alpha value is -2.83. The molecule has 3 aromatic rings. The predicted molar refractivity (Wildman–Crippen MR) is 151 cm³/mol. The number of nitro benzene ring substituents is 1. The highest BCUT2D eigenvalue weighted by atomic mass is 35.5. The molecule has 2 heterocycles. The Morgan fingerprint density at radius 3 is 2.67 bits per heavy atom. The van der Waals surface area contributed by atoms with Gasteiger partial charge in [-0.2, -0.15) is 4.31 Å². The maximum Gasteiger partial charge on any atom is 0.289 e. The second-order valence-electron chi connectivity index (χ2n) is 9.21. The summed E-state index contributed by atoms with van der Waals surface area (Å²) in [7, 11) is -4.26. The minimum Gasteiger partial charge on any atom is -0.382 e. The Balaban J connectivity index is 1.66. The molecule has 9 nitrogen and oxygen atoms in total. The Labute approximate surface area is 237 Å². The number of amides is 1. The van der Waals surface area contributed by atoms with Gasteiger partial charge in [-0.15, -0.1) is 11.3 Å². The molecule has 0 bridgehead atoms. The molecule has 12 heteroatoms. The van der Waals surface area contributed by atoms with Crippen LogP contribution in [0.3, 0.4) is 0 Å². The molecule has 2 aromatic carbocycles. The Kier molecular flexibility index (Phi) is 9.39. The van der Waals surface area contributed by atoms with Crippen LogP contribution in [-0.4, -0.2) is 61.3 Å². The molecule has 4 rings (SSSR count). The fraction of sp³-hybridized carbons (Fsp3) is 0.370. The molecule has 0 spiro atoms. The van der Waals surface area contributed by atoms with Crippen LogP contribution in [0.4, 0.5) is 5.69 Å². The van der Waals surface area contributed by atoms with E-state index in [1.54, 1.807) is 16.2 Å². The van der Waals surface area contributed by atoms with E-state index in [0.29, 0.717) is 32.6 Å². The topological polar surface area (TPSA) is 110 Å². The van der Waals surface area contributed by atoms with E-state index in [0.717, 1.165) is 27.1 Å². The van der Waals surface area contributed by atoms with Gasteiger partial charge in [0.05, 0.1) is 22.4 Å². The second kappa shape index (κ2) is 12.6. The van der Waals surface area contributed by atoms with E-state index in [1.165, 1.54) is 17.0 Å². The Morgan fingerprint density at radius 1 is 1.23 bits per heavy atom. The number of rotatable bonds is 11. The lowest BCUT2D eigenvalue weighted by molar-refractivity contribution is -0.384. The van der Waals surface area contributed by atoms with E-state index in [-0.39, 0.29) is 28.4 Å². The number of halogens is 1. The third-order valence-electron chi connectivity index (χ3n) is 6.64. The first-order chi connectivity index (χ1) is 18.6. The van der Waals surface area contributed by atoms with Gasteiger partial charge >= 0.3 is 0 Å². The standard InChI is InChI=1S/C27H30ClN3O6S2/c1-3-37-15-4-13-29(39(35,36)21-9-10-23(28)24(17-21)31(33)34)18-26(32)30-14-11-25-22(12-16-38-25)27(30)20-7-5-19(2)6-8-20/h5-10,12,16-17,27H,3-4,11,13-15,18H2,1-2H3. The smallest absolute Gasteiger partial charge is 0.289 e. The quantitative estimate of drug-likeness (QED) is 0.172. The van der Waals surface area contributed by atoms with Crippen molar-refractivity contribution < 1.29 is 22.9 Å². The third-order valence-corrected chi connectivity index (χ3v) is 9.80. The molecule has 1 unspecified atom stereocenters. The van der Waals surface area contributed by atoms with E-state index in [4.69, 9.17) is 16.3 Å². The lowest BCUT2D eigenvalue weighted by atomic mass is 9.92. The molecule has 0 fully saturated rings. The first-order valence-corrected chi connectivity index (χ1v) is 15.3. The zero-order valence-corrected chi connectivity index (χ0v) is 24.1. The minimum absolute atomic E-state index is 0.0111. The summed E-state index contributed by atoms with van der Waals surface area (Å²) in [6, 6.07) is 13.0. The molecule has 1 aliphatic rings. The zero-order valence-electron chi connectivity index (χ0n) is 21.7. The number of hydrogen-bond acceptors (Lipinski definition) is 7. The minimum atomic E-state index is -4.26. The average molecular weight is 592 g/mol. The van der Waals surface area contributed by atoms with Gasteiger partial charge in [0.1, 0.15) is 5.02 Å². The molecular formula is C27H30ClN3O6S2. The van der Waals surface area contributed by atoms with Crippen LogP contribution in [0, 0.1) is 17.0 Å². The highest BCUT2D eigenvalue weighted by Crippen LogP contribution is 2.38. The molecule has 39 heavy (non-hydrogen) atoms. The summed E-state index contributed by atoms with van der Waals surface area (Å²) in [5.74, 6) is -0.346. The van der Waals surface area contributed by atoms with Crippen molar-refractivity contribution in [1.82, 2.24) is 9.21 Å². The van der Waals surface area contributed by atoms with Crippen molar-refractivity contribution in [3.63, 3.8) is 0 Å². The fourth-order valence-corrected chi connectivity index (χ4v) is 7.19. The summed E-state index contributed by atoms with van der Waals surface area (Å²) < 4.78 is 33.9. The lowest BCUT2D eigenvalue weighted by Gasteiger charge is -2.37. The number of hydrogen-bond donors (Lipinski definition) is 0. The van der Waals surface area contributed by atoms with Crippen LogP contribution < -0.4 is 0 Å². The first-order valence-electron chi connectivity index (χ1n) is 12.6. The molecule has 0 saturated heterocycles. The lowest BCUT2D eigenvalue weighted by Crippen LogP contribution is -2.47. The van der Waals surface area contributed by atoms with Crippen molar-refractivity contribution in [2.45, 2.75) is 37.6 Å². The fourth-order valence-electron chi connectivity index (χ4n) is 4.65. The maximum absolute atomic E-state index is 13.8. The average Bonchev–Trinajstić information content (AvgIpc) is 3.39. The maximum atomic E-state index is 13.8. The molecule has 208 valence electrons. The number of carbonyl (C=O) groups excluding carboxylic acids is 1. The van der Waals surface area contributed by atoms with Crippen LogP contribution in [0.1, 0.15) is 41.0 Å². The number of thiophene rings is 1. The molecule has 1 amide bonds. The van der Waals surface area contributed by atoms with Crippen LogP contribution in [0.15, 0.2) is 58.8 Å². The number of aryl methyl sites for hydroxylation is 1. The monoisotopic (exact) mass is 591 g/mol. The van der Waals surface area contributed by atoms with E-state index in [9.17, 15) is 23.3 Å². The third kappa shape index (κ3) is 6.50. The Morgan fingerprint density at radius 2 is 1.97 bits per heavy atom. The summed E-state index contributed by atoms with van der Waals surface area (Å²) in [6.07, 6.45) is 1.04. The molecule has 0 radical (unpaired) electrons. The predicted octanol–water partition coefficient (Wildman–Crippen LogP) is 5.21. The van der Waals surface area contributed by atoms with Crippen LogP contribution in [0.2, 0.25) is 5.02 Å². The van der Waals surface area contributed by atoms with Gasteiger partial charge in [0.2, 0.25) is 15.9 Å². The number of ether oxygens (including phenoxy) is 1. The van der Waals surface area contributed by atoms with Gasteiger partial charge in [-0.3, -0.25) is 14.9 Å². The van der Waals surface area contributed by atoms with E-state index >= 15 is 0 Å². The van der Waals surface area contributed by atoms with Crippen LogP contribution in [-0.2, 0) is 26.0 Å². The summed E-state index contributed by atoms with van der Waals surface area (Å²) in [5.41, 5.74) is 2.58. The number of carbonyl (C=O) groups is 1. The van der Waals surface area contributed by atoms with E-state index < -0.39 is 27.2 Å². The van der Waals surface area contributed by atoms with Gasteiger partial charge < -0.3 is 9.64 Å². The van der Waals surface area contributed by atoms with Crippen molar-refractivity contribution in [3.05, 3.63) is 90.6 Å². The number of nitro groups is 1. The highest BCUT2D eigenvalue weighted by Gasteiger charge is 2.36. The first kappa shape index (κ1) is 29.2. The number of sulfonamides is 1. The number of fused-ring (bicyclic) bond motifs is 1.